The van der Waals surface area contributed by atoms with Crippen LogP contribution in [0.4, 0.5) is 11.4 Å². The molecule has 0 spiro atoms. The Balaban J connectivity index is 0.963. The molecule has 3 fully saturated rings. The molecule has 3 saturated carbocycles. The van der Waals surface area contributed by atoms with Gasteiger partial charge in [0.25, 0.3) is 11.8 Å². The number of aliphatic carboxylic acids is 1. The molecule has 2 bridgehead atoms. The van der Waals surface area contributed by atoms with Crippen LogP contribution in [-0.2, 0) is 44.8 Å². The Kier molecular flexibility index (Phi) is 9.16. The molecule has 278 valence electrons. The monoisotopic (exact) mass is 758 g/mol. The van der Waals surface area contributed by atoms with Crippen molar-refractivity contribution in [3.8, 4) is 11.1 Å². The lowest BCUT2D eigenvalue weighted by Gasteiger charge is -2.53. The number of benzene rings is 2. The molecule has 3 N–H and O–H groups in total. The fraction of sp³-hybridized carbons (Fsp3) is 0.462. The molecule has 2 amide bonds. The van der Waals surface area contributed by atoms with E-state index < -0.39 is 11.4 Å². The molecule has 14 heteroatoms. The second kappa shape index (κ2) is 13.6. The molecule has 12 nitrogen and oxygen atoms in total. The van der Waals surface area contributed by atoms with Gasteiger partial charge in [-0.15, -0.1) is 0 Å². The highest BCUT2D eigenvalue weighted by molar-refractivity contribution is 6.40. The van der Waals surface area contributed by atoms with Crippen LogP contribution in [0.2, 0.25) is 10.0 Å². The number of carboxylic acid groups (broad SMARTS) is 1. The van der Waals surface area contributed by atoms with E-state index in [1.54, 1.807) is 24.3 Å². The predicted octanol–water partition coefficient (Wildman–Crippen LogP) is 6.40. The number of carbonyl (C=O) groups is 3. The topological polar surface area (TPSA) is 138 Å². The lowest BCUT2D eigenvalue weighted by molar-refractivity contribution is -0.159. The summed E-state index contributed by atoms with van der Waals surface area (Å²) in [4.78, 5) is 53.1. The van der Waals surface area contributed by atoms with Crippen LogP contribution < -0.4 is 10.6 Å². The number of amides is 2. The van der Waals surface area contributed by atoms with Crippen LogP contribution in [0.5, 0.6) is 0 Å². The fourth-order valence-electron chi connectivity index (χ4n) is 9.11. The van der Waals surface area contributed by atoms with Crippen LogP contribution in [0.3, 0.4) is 0 Å². The highest BCUT2D eigenvalue weighted by atomic mass is 35.5. The molecule has 2 aromatic heterocycles. The summed E-state index contributed by atoms with van der Waals surface area (Å²) in [6.45, 7) is 4.06. The van der Waals surface area contributed by atoms with Gasteiger partial charge >= 0.3 is 5.97 Å². The highest BCUT2D eigenvalue weighted by Gasteiger charge is 2.53. The number of carboxylic acids is 1. The smallest absolute Gasteiger partial charge is 0.309 e. The van der Waals surface area contributed by atoms with Gasteiger partial charge in [0.1, 0.15) is 0 Å². The minimum absolute atomic E-state index is 0.162. The van der Waals surface area contributed by atoms with Crippen molar-refractivity contribution in [1.29, 1.82) is 0 Å². The van der Waals surface area contributed by atoms with Crippen molar-refractivity contribution in [1.82, 2.24) is 28.9 Å². The summed E-state index contributed by atoms with van der Waals surface area (Å²) in [6.07, 6.45) is 6.75. The molecule has 2 aromatic carbocycles. The minimum Gasteiger partial charge on any atom is -0.481 e. The molecular weight excluding hydrogens is 715 g/mol. The molecule has 53 heavy (non-hydrogen) atoms. The van der Waals surface area contributed by atoms with Crippen molar-refractivity contribution >= 4 is 52.4 Å². The summed E-state index contributed by atoms with van der Waals surface area (Å²) in [5.74, 6) is -0.724. The average molecular weight is 760 g/mol. The third-order valence-electron chi connectivity index (χ3n) is 12.4. The number of hydrogen-bond donors (Lipinski definition) is 3. The largest absolute Gasteiger partial charge is 0.481 e. The Bertz CT molecular complexity index is 2130. The van der Waals surface area contributed by atoms with Crippen molar-refractivity contribution in [2.24, 2.45) is 24.9 Å². The highest BCUT2D eigenvalue weighted by Crippen LogP contribution is 2.57. The van der Waals surface area contributed by atoms with Gasteiger partial charge in [-0.1, -0.05) is 47.5 Å². The molecule has 0 saturated heterocycles. The number of nitrogens with zero attached hydrogens (tertiary/aromatic N) is 6. The number of anilines is 2. The maximum atomic E-state index is 13.7. The van der Waals surface area contributed by atoms with E-state index in [1.165, 1.54) is 0 Å². The summed E-state index contributed by atoms with van der Waals surface area (Å²) >= 11 is 13.9. The van der Waals surface area contributed by atoms with Crippen molar-refractivity contribution < 1.29 is 19.5 Å². The summed E-state index contributed by atoms with van der Waals surface area (Å²) in [5, 5.41) is 16.3. The van der Waals surface area contributed by atoms with Crippen LogP contribution in [0.15, 0.2) is 36.4 Å². The van der Waals surface area contributed by atoms with E-state index >= 15 is 0 Å². The summed E-state index contributed by atoms with van der Waals surface area (Å²) in [5.41, 5.74) is 5.59. The molecule has 0 radical (unpaired) electrons. The SMILES string of the molecule is CN1CCc2c(nc(C(=O)Nc3cccc(-c4cccc(NC(=O)c5nc6c(n5C)CCN(CC57CCC(C(=O)O)(CC5)CC7)C6)c4Cl)c3Cl)n2C)C1. The van der Waals surface area contributed by atoms with Crippen LogP contribution in [-0.4, -0.2) is 78.5 Å². The first-order chi connectivity index (χ1) is 25.4. The lowest BCUT2D eigenvalue weighted by Crippen LogP contribution is -2.51. The van der Waals surface area contributed by atoms with E-state index in [-0.39, 0.29) is 17.2 Å². The van der Waals surface area contributed by atoms with Gasteiger partial charge < -0.3 is 29.8 Å². The first-order valence-electron chi connectivity index (χ1n) is 18.3. The number of hydrogen-bond acceptors (Lipinski definition) is 7. The number of halogens is 2. The third kappa shape index (κ3) is 6.33. The molecule has 4 aromatic rings. The van der Waals surface area contributed by atoms with Crippen LogP contribution >= 0.6 is 23.2 Å². The Labute approximate surface area is 318 Å². The molecule has 2 aliphatic heterocycles. The number of aromatic nitrogens is 4. The lowest BCUT2D eigenvalue weighted by atomic mass is 9.53. The second-order valence-corrected chi connectivity index (χ2v) is 16.3. The van der Waals surface area contributed by atoms with Crippen molar-refractivity contribution in [3.05, 3.63) is 80.9 Å². The van der Waals surface area contributed by atoms with Gasteiger partial charge in [0.15, 0.2) is 11.6 Å². The van der Waals surface area contributed by atoms with Gasteiger partial charge in [-0.2, -0.15) is 0 Å². The first kappa shape index (κ1) is 35.8. The number of carbonyl (C=O) groups excluding carboxylic acids is 2. The maximum absolute atomic E-state index is 13.7. The number of nitrogens with one attached hydrogen (secondary N) is 2. The van der Waals surface area contributed by atoms with E-state index in [1.807, 2.05) is 42.4 Å². The fourth-order valence-corrected chi connectivity index (χ4v) is 9.66. The first-order valence-corrected chi connectivity index (χ1v) is 19.1. The standard InChI is InChI=1S/C39H44Cl2N8O4/c1-46-18-10-29-27(20-46)42-33(47(29)2)35(50)44-25-8-4-6-23(31(25)40)24-7-5-9-26(32(24)41)45-36(51)34-43-28-21-49(19-11-30(28)48(34)3)22-38-12-15-39(16-13-38,17-14-38)37(52)53/h4-9H,10-22H2,1-3H3,(H,44,50)(H,45,51)(H,52,53). The minimum atomic E-state index is -0.632. The zero-order valence-electron chi connectivity index (χ0n) is 30.3. The number of rotatable bonds is 8. The van der Waals surface area contributed by atoms with Gasteiger partial charge in [0.2, 0.25) is 0 Å². The third-order valence-corrected chi connectivity index (χ3v) is 13.2. The van der Waals surface area contributed by atoms with E-state index in [4.69, 9.17) is 28.2 Å². The average Bonchev–Trinajstić information content (AvgIpc) is 3.65. The van der Waals surface area contributed by atoms with Gasteiger partial charge in [-0.05, 0) is 63.1 Å². The number of likely N-dealkylation sites (N-methyl/N-ethyl adjacent to an activating group) is 1. The molecule has 0 atom stereocenters. The van der Waals surface area contributed by atoms with Gasteiger partial charge in [-0.3, -0.25) is 19.3 Å². The molecular formula is C39H44Cl2N8O4. The van der Waals surface area contributed by atoms with Gasteiger partial charge in [0.05, 0.1) is 38.2 Å². The van der Waals surface area contributed by atoms with Crippen molar-refractivity contribution in [2.45, 2.75) is 64.5 Å². The van der Waals surface area contributed by atoms with E-state index in [9.17, 15) is 19.5 Å². The second-order valence-electron chi connectivity index (χ2n) is 15.6. The zero-order valence-corrected chi connectivity index (χ0v) is 31.8. The summed E-state index contributed by atoms with van der Waals surface area (Å²) < 4.78 is 3.73. The Morgan fingerprint density at radius 2 is 1.23 bits per heavy atom. The van der Waals surface area contributed by atoms with Crippen molar-refractivity contribution in [2.75, 3.05) is 37.3 Å². The molecule has 9 rings (SSSR count). The quantitative estimate of drug-likeness (QED) is 0.188. The maximum Gasteiger partial charge on any atom is 0.309 e. The molecule has 3 aliphatic carbocycles. The normalized spacial score (nSPS) is 22.7. The Morgan fingerprint density at radius 3 is 1.74 bits per heavy atom. The molecule has 0 unspecified atom stereocenters. The summed E-state index contributed by atoms with van der Waals surface area (Å²) in [6, 6.07) is 10.7. The van der Waals surface area contributed by atoms with Gasteiger partial charge in [-0.25, -0.2) is 9.97 Å². The Hall–Kier alpha value is -4.23. The van der Waals surface area contributed by atoms with E-state index in [0.717, 1.165) is 93.8 Å². The predicted molar refractivity (Wildman–Crippen MR) is 203 cm³/mol. The van der Waals surface area contributed by atoms with E-state index in [2.05, 4.69) is 25.4 Å². The van der Waals surface area contributed by atoms with E-state index in [0.29, 0.717) is 57.3 Å². The molecule has 5 aliphatic rings. The Morgan fingerprint density at radius 1 is 0.736 bits per heavy atom. The molecule has 4 heterocycles. The van der Waals surface area contributed by atoms with Gasteiger partial charge in [0, 0.05) is 82.2 Å². The van der Waals surface area contributed by atoms with Crippen LogP contribution in [0, 0.1) is 10.8 Å². The number of imidazole rings is 2. The van der Waals surface area contributed by atoms with Crippen LogP contribution in [0.25, 0.3) is 11.1 Å². The number of fused-ring (bicyclic) bond motifs is 5. The van der Waals surface area contributed by atoms with Crippen molar-refractivity contribution in [3.63, 3.8) is 0 Å². The zero-order chi connectivity index (χ0) is 37.2. The summed E-state index contributed by atoms with van der Waals surface area (Å²) in [7, 11) is 5.77. The van der Waals surface area contributed by atoms with Crippen LogP contribution in [0.1, 0.15) is 82.5 Å².